The van der Waals surface area contributed by atoms with Gasteiger partial charge in [-0.1, -0.05) is 29.4 Å². The highest BCUT2D eigenvalue weighted by Gasteiger charge is 2.11. The van der Waals surface area contributed by atoms with E-state index in [1.54, 1.807) is 25.3 Å². The summed E-state index contributed by atoms with van der Waals surface area (Å²) in [5, 5.41) is 5.20. The SMILES string of the molecule is COc1cccc(-c2noc(COc3ccc4[nH]c5ccccc5c(=O)c4c3)n2)c1. The van der Waals surface area contributed by atoms with Gasteiger partial charge in [-0.2, -0.15) is 4.98 Å². The maximum Gasteiger partial charge on any atom is 0.264 e. The van der Waals surface area contributed by atoms with Gasteiger partial charge in [-0.3, -0.25) is 4.79 Å². The van der Waals surface area contributed by atoms with Crippen LogP contribution in [0.4, 0.5) is 0 Å². The number of nitrogens with zero attached hydrogens (tertiary/aromatic N) is 2. The van der Waals surface area contributed by atoms with Crippen molar-refractivity contribution in [2.24, 2.45) is 0 Å². The quantitative estimate of drug-likeness (QED) is 0.443. The number of para-hydroxylation sites is 1. The van der Waals surface area contributed by atoms with Crippen molar-refractivity contribution in [1.29, 1.82) is 0 Å². The summed E-state index contributed by atoms with van der Waals surface area (Å²) in [5.41, 5.74) is 2.31. The second kappa shape index (κ2) is 7.36. The third-order valence-corrected chi connectivity index (χ3v) is 4.84. The first-order chi connectivity index (χ1) is 14.7. The molecule has 0 unspecified atom stereocenters. The summed E-state index contributed by atoms with van der Waals surface area (Å²) in [4.78, 5) is 20.4. The lowest BCUT2D eigenvalue weighted by Gasteiger charge is -2.06. The lowest BCUT2D eigenvalue weighted by molar-refractivity contribution is 0.243. The Bertz CT molecular complexity index is 1420. The van der Waals surface area contributed by atoms with Crippen molar-refractivity contribution in [2.45, 2.75) is 6.61 Å². The zero-order valence-electron chi connectivity index (χ0n) is 16.1. The molecule has 0 spiro atoms. The van der Waals surface area contributed by atoms with Gasteiger partial charge in [-0.05, 0) is 42.5 Å². The highest BCUT2D eigenvalue weighted by molar-refractivity contribution is 5.92. The predicted molar refractivity (Wildman–Crippen MR) is 113 cm³/mol. The van der Waals surface area contributed by atoms with Crippen LogP contribution in [0.3, 0.4) is 0 Å². The number of H-pyrrole nitrogens is 1. The van der Waals surface area contributed by atoms with Gasteiger partial charge in [-0.25, -0.2) is 0 Å². The number of benzene rings is 3. The molecule has 7 heteroatoms. The maximum atomic E-state index is 12.8. The minimum Gasteiger partial charge on any atom is -0.497 e. The molecule has 0 radical (unpaired) electrons. The maximum absolute atomic E-state index is 12.8. The van der Waals surface area contributed by atoms with Gasteiger partial charge in [0.25, 0.3) is 5.89 Å². The van der Waals surface area contributed by atoms with Crippen LogP contribution in [0.25, 0.3) is 33.2 Å². The highest BCUT2D eigenvalue weighted by Crippen LogP contribution is 2.23. The Morgan fingerprint density at radius 3 is 2.70 bits per heavy atom. The molecule has 1 N–H and O–H groups in total. The Kier molecular flexibility index (Phi) is 4.40. The average molecular weight is 399 g/mol. The van der Waals surface area contributed by atoms with Gasteiger partial charge in [0.1, 0.15) is 11.5 Å². The molecule has 0 bridgehead atoms. The van der Waals surface area contributed by atoms with E-state index in [0.717, 1.165) is 16.6 Å². The molecule has 7 nitrogen and oxygen atoms in total. The summed E-state index contributed by atoms with van der Waals surface area (Å²) in [6.45, 7) is 0.0912. The zero-order valence-corrected chi connectivity index (χ0v) is 16.1. The first-order valence-corrected chi connectivity index (χ1v) is 9.36. The van der Waals surface area contributed by atoms with E-state index in [2.05, 4.69) is 15.1 Å². The van der Waals surface area contributed by atoms with Crippen molar-refractivity contribution in [3.05, 3.63) is 82.8 Å². The number of ether oxygens (including phenoxy) is 2. The first-order valence-electron chi connectivity index (χ1n) is 9.36. The standard InChI is InChI=1S/C23H17N3O4/c1-28-15-6-4-5-14(11-15)23-25-21(30-26-23)13-29-16-9-10-20-18(12-16)22(27)17-7-2-3-8-19(17)24-20/h2-12H,13H2,1H3,(H,24,27). The van der Waals surface area contributed by atoms with E-state index in [-0.39, 0.29) is 12.0 Å². The van der Waals surface area contributed by atoms with Gasteiger partial charge >= 0.3 is 0 Å². The molecule has 5 rings (SSSR count). The molecule has 30 heavy (non-hydrogen) atoms. The lowest BCUT2D eigenvalue weighted by atomic mass is 10.1. The average Bonchev–Trinajstić information content (AvgIpc) is 3.27. The summed E-state index contributed by atoms with van der Waals surface area (Å²) in [5.74, 6) is 2.04. The molecule has 0 fully saturated rings. The van der Waals surface area contributed by atoms with Gasteiger partial charge in [0, 0.05) is 21.9 Å². The van der Waals surface area contributed by atoms with Gasteiger partial charge in [0.2, 0.25) is 5.82 Å². The molecule has 0 amide bonds. The molecule has 0 aliphatic rings. The summed E-state index contributed by atoms with van der Waals surface area (Å²) in [7, 11) is 1.60. The van der Waals surface area contributed by atoms with Crippen LogP contribution in [0.2, 0.25) is 0 Å². The van der Waals surface area contributed by atoms with E-state index in [4.69, 9.17) is 14.0 Å². The zero-order chi connectivity index (χ0) is 20.5. The number of methoxy groups -OCH3 is 1. The largest absolute Gasteiger partial charge is 0.497 e. The molecular weight excluding hydrogens is 382 g/mol. The third kappa shape index (κ3) is 3.26. The number of pyridine rings is 1. The van der Waals surface area contributed by atoms with E-state index < -0.39 is 0 Å². The van der Waals surface area contributed by atoms with Crippen LogP contribution in [-0.4, -0.2) is 22.2 Å². The summed E-state index contributed by atoms with van der Waals surface area (Å²) in [6, 6.07) is 20.2. The van der Waals surface area contributed by atoms with Crippen molar-refractivity contribution in [2.75, 3.05) is 7.11 Å². The number of rotatable bonds is 5. The number of nitrogens with one attached hydrogen (secondary N) is 1. The van der Waals surface area contributed by atoms with Crippen molar-refractivity contribution in [3.8, 4) is 22.9 Å². The van der Waals surface area contributed by atoms with Crippen LogP contribution in [0.1, 0.15) is 5.89 Å². The van der Waals surface area contributed by atoms with Gasteiger partial charge in [-0.15, -0.1) is 0 Å². The second-order valence-corrected chi connectivity index (χ2v) is 6.74. The second-order valence-electron chi connectivity index (χ2n) is 6.74. The number of fused-ring (bicyclic) bond motifs is 2. The van der Waals surface area contributed by atoms with E-state index >= 15 is 0 Å². The normalized spacial score (nSPS) is 11.1. The summed E-state index contributed by atoms with van der Waals surface area (Å²) in [6.07, 6.45) is 0. The smallest absolute Gasteiger partial charge is 0.264 e. The Balaban J connectivity index is 1.39. The summed E-state index contributed by atoms with van der Waals surface area (Å²) < 4.78 is 16.3. The van der Waals surface area contributed by atoms with Crippen molar-refractivity contribution >= 4 is 21.8 Å². The van der Waals surface area contributed by atoms with E-state index in [1.165, 1.54) is 0 Å². The molecule has 0 saturated heterocycles. The Morgan fingerprint density at radius 2 is 1.80 bits per heavy atom. The molecule has 148 valence electrons. The Hall–Kier alpha value is -4.13. The fourth-order valence-corrected chi connectivity index (χ4v) is 3.33. The van der Waals surface area contributed by atoms with E-state index in [1.807, 2.05) is 48.5 Å². The lowest BCUT2D eigenvalue weighted by Crippen LogP contribution is -2.04. The molecule has 0 aliphatic carbocycles. The Labute approximate surface area is 170 Å². The molecule has 3 aromatic carbocycles. The van der Waals surface area contributed by atoms with Gasteiger partial charge < -0.3 is 19.0 Å². The van der Waals surface area contributed by atoms with E-state index in [0.29, 0.717) is 34.0 Å². The number of hydrogen-bond donors (Lipinski definition) is 1. The third-order valence-electron chi connectivity index (χ3n) is 4.84. The van der Waals surface area contributed by atoms with Crippen LogP contribution >= 0.6 is 0 Å². The molecular formula is C23H17N3O4. The van der Waals surface area contributed by atoms with Gasteiger partial charge in [0.15, 0.2) is 12.0 Å². The fraction of sp³-hybridized carbons (Fsp3) is 0.0870. The van der Waals surface area contributed by atoms with Crippen molar-refractivity contribution < 1.29 is 14.0 Å². The monoisotopic (exact) mass is 399 g/mol. The van der Waals surface area contributed by atoms with E-state index in [9.17, 15) is 4.79 Å². The molecule has 2 aromatic heterocycles. The van der Waals surface area contributed by atoms with Gasteiger partial charge in [0.05, 0.1) is 12.6 Å². The molecule has 0 atom stereocenters. The number of aromatic nitrogens is 3. The van der Waals surface area contributed by atoms with Crippen LogP contribution in [-0.2, 0) is 6.61 Å². The molecule has 5 aromatic rings. The van der Waals surface area contributed by atoms with Crippen LogP contribution < -0.4 is 14.9 Å². The van der Waals surface area contributed by atoms with Crippen LogP contribution in [0.15, 0.2) is 76.0 Å². The van der Waals surface area contributed by atoms with Crippen LogP contribution in [0, 0.1) is 0 Å². The topological polar surface area (TPSA) is 90.2 Å². The Morgan fingerprint density at radius 1 is 0.933 bits per heavy atom. The predicted octanol–water partition coefficient (Wildman–Crippen LogP) is 4.32. The minimum atomic E-state index is -0.0390. The molecule has 0 saturated carbocycles. The minimum absolute atomic E-state index is 0.0390. The highest BCUT2D eigenvalue weighted by atomic mass is 16.5. The van der Waals surface area contributed by atoms with Crippen LogP contribution in [0.5, 0.6) is 11.5 Å². The molecule has 2 heterocycles. The summed E-state index contributed by atoms with van der Waals surface area (Å²) >= 11 is 0. The molecule has 0 aliphatic heterocycles. The number of hydrogen-bond acceptors (Lipinski definition) is 6. The number of aromatic amines is 1. The first kappa shape index (κ1) is 17.9. The van der Waals surface area contributed by atoms with Crippen molar-refractivity contribution in [1.82, 2.24) is 15.1 Å². The fourth-order valence-electron chi connectivity index (χ4n) is 3.33. The van der Waals surface area contributed by atoms with Crippen molar-refractivity contribution in [3.63, 3.8) is 0 Å².